The van der Waals surface area contributed by atoms with Crippen LogP contribution in [0, 0.1) is 0 Å². The van der Waals surface area contributed by atoms with Gasteiger partial charge in [0, 0.05) is 39.8 Å². The highest BCUT2D eigenvalue weighted by Crippen LogP contribution is 2.24. The van der Waals surface area contributed by atoms with Crippen molar-refractivity contribution in [3.05, 3.63) is 71.3 Å². The molecule has 0 aliphatic carbocycles. The van der Waals surface area contributed by atoms with Crippen LogP contribution in [0.15, 0.2) is 59.6 Å². The van der Waals surface area contributed by atoms with E-state index in [2.05, 4.69) is 50.4 Å². The van der Waals surface area contributed by atoms with Crippen LogP contribution in [0.2, 0.25) is 0 Å². The largest absolute Gasteiger partial charge is 0.465 e. The molecule has 0 saturated carbocycles. The number of guanidine groups is 1. The van der Waals surface area contributed by atoms with Gasteiger partial charge < -0.3 is 19.7 Å². The van der Waals surface area contributed by atoms with E-state index >= 15 is 0 Å². The molecular formula is C24H31IN4O3. The van der Waals surface area contributed by atoms with Crippen molar-refractivity contribution in [1.82, 2.24) is 15.1 Å². The molecule has 172 valence electrons. The first-order valence-corrected chi connectivity index (χ1v) is 10.7. The van der Waals surface area contributed by atoms with E-state index in [1.165, 1.54) is 12.7 Å². The zero-order valence-corrected chi connectivity index (χ0v) is 20.9. The van der Waals surface area contributed by atoms with Gasteiger partial charge in [0.1, 0.15) is 0 Å². The molecule has 2 aliphatic rings. The summed E-state index contributed by atoms with van der Waals surface area (Å²) in [7, 11) is 3.20. The first-order chi connectivity index (χ1) is 15.2. The molecule has 2 aromatic rings. The van der Waals surface area contributed by atoms with Gasteiger partial charge in [-0.05, 0) is 23.3 Å². The number of likely N-dealkylation sites (tertiary alicyclic amines) is 1. The number of aliphatic imine (C=N–C) groups is 1. The maximum atomic E-state index is 11.6. The molecule has 0 bridgehead atoms. The molecule has 2 aliphatic heterocycles. The van der Waals surface area contributed by atoms with Crippen molar-refractivity contribution >= 4 is 35.9 Å². The summed E-state index contributed by atoms with van der Waals surface area (Å²) in [6, 6.07) is 18.4. The monoisotopic (exact) mass is 550 g/mol. The van der Waals surface area contributed by atoms with Crippen LogP contribution in [0.3, 0.4) is 0 Å². The van der Waals surface area contributed by atoms with Crippen molar-refractivity contribution in [2.24, 2.45) is 4.99 Å². The Kier molecular flexibility index (Phi) is 8.89. The highest BCUT2D eigenvalue weighted by atomic mass is 127. The fourth-order valence-electron chi connectivity index (χ4n) is 4.34. The predicted octanol–water partition coefficient (Wildman–Crippen LogP) is 2.75. The molecule has 0 aromatic heterocycles. The van der Waals surface area contributed by atoms with Gasteiger partial charge in [-0.1, -0.05) is 42.5 Å². The highest BCUT2D eigenvalue weighted by Gasteiger charge is 2.41. The van der Waals surface area contributed by atoms with E-state index in [0.29, 0.717) is 18.2 Å². The van der Waals surface area contributed by atoms with Crippen molar-refractivity contribution in [2.75, 3.05) is 40.4 Å². The molecule has 7 nitrogen and oxygen atoms in total. The topological polar surface area (TPSA) is 66.4 Å². The molecule has 2 unspecified atom stereocenters. The average molecular weight is 550 g/mol. The number of nitrogens with zero attached hydrogens (tertiary/aromatic N) is 3. The Balaban J connectivity index is 0.00000289. The van der Waals surface area contributed by atoms with E-state index in [4.69, 9.17) is 9.47 Å². The van der Waals surface area contributed by atoms with Gasteiger partial charge in [0.15, 0.2) is 5.96 Å². The minimum Gasteiger partial charge on any atom is -0.465 e. The third-order valence-electron chi connectivity index (χ3n) is 5.98. The summed E-state index contributed by atoms with van der Waals surface area (Å²) < 4.78 is 10.8. The summed E-state index contributed by atoms with van der Waals surface area (Å²) in [4.78, 5) is 20.9. The van der Waals surface area contributed by atoms with Crippen molar-refractivity contribution < 1.29 is 14.3 Å². The Morgan fingerprint density at radius 2 is 1.88 bits per heavy atom. The maximum absolute atomic E-state index is 11.6. The highest BCUT2D eigenvalue weighted by molar-refractivity contribution is 14.0. The Morgan fingerprint density at radius 3 is 2.56 bits per heavy atom. The molecule has 1 N–H and O–H groups in total. The zero-order chi connectivity index (χ0) is 21.6. The van der Waals surface area contributed by atoms with E-state index in [1.54, 1.807) is 12.1 Å². The fraction of sp³-hybridized carbons (Fsp3) is 0.417. The number of methoxy groups -OCH3 is 1. The van der Waals surface area contributed by atoms with Gasteiger partial charge in [-0.3, -0.25) is 9.89 Å². The number of morpholine rings is 1. The Morgan fingerprint density at radius 1 is 1.12 bits per heavy atom. The number of hydrogen-bond donors (Lipinski definition) is 1. The molecule has 2 atom stereocenters. The number of rotatable bonds is 5. The summed E-state index contributed by atoms with van der Waals surface area (Å²) in [6.45, 7) is 5.00. The number of halogens is 1. The summed E-state index contributed by atoms with van der Waals surface area (Å²) in [5, 5.41) is 3.45. The number of benzene rings is 2. The Bertz CT molecular complexity index is 907. The van der Waals surface area contributed by atoms with Gasteiger partial charge in [-0.15, -0.1) is 24.0 Å². The number of fused-ring (bicyclic) bond motifs is 1. The molecule has 2 aromatic carbocycles. The van der Waals surface area contributed by atoms with Crippen LogP contribution in [-0.4, -0.2) is 74.3 Å². The Hall–Kier alpha value is -2.17. The molecule has 2 heterocycles. The summed E-state index contributed by atoms with van der Waals surface area (Å²) in [6.07, 6.45) is 0.190. The number of carbonyl (C=O) groups is 1. The summed E-state index contributed by atoms with van der Waals surface area (Å²) >= 11 is 0. The van der Waals surface area contributed by atoms with E-state index in [1.807, 2.05) is 19.2 Å². The van der Waals surface area contributed by atoms with Gasteiger partial charge in [0.25, 0.3) is 0 Å². The van der Waals surface area contributed by atoms with Gasteiger partial charge >= 0.3 is 5.97 Å². The van der Waals surface area contributed by atoms with Crippen molar-refractivity contribution in [1.29, 1.82) is 0 Å². The van der Waals surface area contributed by atoms with Crippen LogP contribution in [0.1, 0.15) is 21.5 Å². The number of esters is 1. The molecule has 0 radical (unpaired) electrons. The molecule has 0 amide bonds. The molecule has 4 rings (SSSR count). The number of hydrogen-bond acceptors (Lipinski definition) is 5. The van der Waals surface area contributed by atoms with Crippen LogP contribution >= 0.6 is 24.0 Å². The van der Waals surface area contributed by atoms with Crippen LogP contribution in [0.5, 0.6) is 0 Å². The van der Waals surface area contributed by atoms with Crippen LogP contribution < -0.4 is 5.32 Å². The van der Waals surface area contributed by atoms with E-state index in [-0.39, 0.29) is 36.0 Å². The maximum Gasteiger partial charge on any atom is 0.337 e. The molecule has 2 fully saturated rings. The molecular weight excluding hydrogens is 519 g/mol. The van der Waals surface area contributed by atoms with Crippen LogP contribution in [0.25, 0.3) is 0 Å². The Labute approximate surface area is 206 Å². The second kappa shape index (κ2) is 11.6. The normalized spacial score (nSPS) is 20.9. The van der Waals surface area contributed by atoms with Crippen LogP contribution in [0.4, 0.5) is 0 Å². The lowest BCUT2D eigenvalue weighted by Gasteiger charge is -2.36. The minimum absolute atomic E-state index is 0. The smallest absolute Gasteiger partial charge is 0.337 e. The third-order valence-corrected chi connectivity index (χ3v) is 5.98. The third kappa shape index (κ3) is 5.79. The number of ether oxygens (including phenoxy) is 2. The van der Waals surface area contributed by atoms with Gasteiger partial charge in [0.05, 0.1) is 31.4 Å². The minimum atomic E-state index is -0.324. The molecule has 32 heavy (non-hydrogen) atoms. The number of carbonyl (C=O) groups excluding carboxylic acids is 1. The standard InChI is InChI=1S/C24H30N4O3.HI/c1-25-24(26-14-18-8-10-20(11-9-18)23(29)30-2)28-16-21-22(17-28)31-13-12-27(21)15-19-6-4-3-5-7-19;/h3-11,21-22H,12-17H2,1-2H3,(H,25,26);1H. The second-order valence-electron chi connectivity index (χ2n) is 7.93. The lowest BCUT2D eigenvalue weighted by molar-refractivity contribution is -0.0502. The first-order valence-electron chi connectivity index (χ1n) is 10.7. The second-order valence-corrected chi connectivity index (χ2v) is 7.93. The summed E-state index contributed by atoms with van der Waals surface area (Å²) in [5.74, 6) is 0.546. The van der Waals surface area contributed by atoms with E-state index < -0.39 is 0 Å². The van der Waals surface area contributed by atoms with Crippen molar-refractivity contribution in [3.63, 3.8) is 0 Å². The molecule has 8 heteroatoms. The quantitative estimate of drug-likeness (QED) is 0.268. The molecule has 0 spiro atoms. The summed E-state index contributed by atoms with van der Waals surface area (Å²) in [5.41, 5.74) is 2.96. The van der Waals surface area contributed by atoms with E-state index in [9.17, 15) is 4.79 Å². The molecule has 2 saturated heterocycles. The first kappa shape index (κ1) is 24.5. The van der Waals surface area contributed by atoms with Crippen molar-refractivity contribution in [2.45, 2.75) is 25.2 Å². The zero-order valence-electron chi connectivity index (χ0n) is 18.6. The lowest BCUT2D eigenvalue weighted by atomic mass is 10.1. The number of nitrogens with one attached hydrogen (secondary N) is 1. The van der Waals surface area contributed by atoms with Crippen molar-refractivity contribution in [3.8, 4) is 0 Å². The predicted molar refractivity (Wildman–Crippen MR) is 135 cm³/mol. The van der Waals surface area contributed by atoms with Gasteiger partial charge in [-0.25, -0.2) is 4.79 Å². The lowest BCUT2D eigenvalue weighted by Crippen LogP contribution is -2.50. The van der Waals surface area contributed by atoms with Crippen LogP contribution in [-0.2, 0) is 22.6 Å². The van der Waals surface area contributed by atoms with Gasteiger partial charge in [-0.2, -0.15) is 0 Å². The fourth-order valence-corrected chi connectivity index (χ4v) is 4.34. The average Bonchev–Trinajstić information content (AvgIpc) is 3.25. The SMILES string of the molecule is CN=C(NCc1ccc(C(=O)OC)cc1)N1CC2OCCN(Cc3ccccc3)C2C1.I. The van der Waals surface area contributed by atoms with Gasteiger partial charge in [0.2, 0.25) is 0 Å². The van der Waals surface area contributed by atoms with E-state index in [0.717, 1.165) is 44.3 Å².